The molecule has 0 spiro atoms. The maximum atomic E-state index is 13.1. The summed E-state index contributed by atoms with van der Waals surface area (Å²) in [6.45, 7) is 5.06. The molecule has 34 heavy (non-hydrogen) atoms. The monoisotopic (exact) mass is 469 g/mol. The number of carbonyl (C=O) groups is 2. The number of amides is 1. The summed E-state index contributed by atoms with van der Waals surface area (Å²) in [5, 5.41) is 11.2. The number of benzene rings is 2. The molecule has 8 nitrogen and oxygen atoms in total. The third-order valence-electron chi connectivity index (χ3n) is 5.52. The first kappa shape index (κ1) is 25.1. The van der Waals surface area contributed by atoms with Crippen molar-refractivity contribution in [3.8, 4) is 17.2 Å². The van der Waals surface area contributed by atoms with E-state index in [9.17, 15) is 14.7 Å². The highest BCUT2D eigenvalue weighted by Gasteiger charge is 2.47. The fraction of sp³-hybridized carbons (Fsp3) is 0.385. The van der Waals surface area contributed by atoms with Gasteiger partial charge in [0.25, 0.3) is 11.7 Å². The van der Waals surface area contributed by atoms with Gasteiger partial charge in [-0.3, -0.25) is 9.59 Å². The van der Waals surface area contributed by atoms with E-state index in [2.05, 4.69) is 13.8 Å². The Morgan fingerprint density at radius 2 is 1.68 bits per heavy atom. The lowest BCUT2D eigenvalue weighted by Gasteiger charge is -2.26. The van der Waals surface area contributed by atoms with Crippen LogP contribution in [0.25, 0.3) is 5.76 Å². The molecule has 1 saturated heterocycles. The van der Waals surface area contributed by atoms with E-state index < -0.39 is 17.7 Å². The summed E-state index contributed by atoms with van der Waals surface area (Å²) in [5.41, 5.74) is 0.941. The number of aliphatic hydroxyl groups is 1. The third kappa shape index (κ3) is 5.17. The Bertz CT molecular complexity index is 1060. The Morgan fingerprint density at radius 1 is 1.00 bits per heavy atom. The molecule has 1 N–H and O–H groups in total. The Kier molecular flexibility index (Phi) is 8.17. The SMILES string of the molecule is COCCN1C(=O)C(=O)C(=C(O)c2ccc(OCC(C)C)cc2)[C@@H]1c1ccc(OC)cc1OC. The van der Waals surface area contributed by atoms with Crippen molar-refractivity contribution < 1.29 is 33.6 Å². The van der Waals surface area contributed by atoms with Crippen LogP contribution < -0.4 is 14.2 Å². The Balaban J connectivity index is 2.10. The van der Waals surface area contributed by atoms with Gasteiger partial charge in [0.1, 0.15) is 23.0 Å². The Hall–Kier alpha value is -3.52. The molecule has 0 aromatic heterocycles. The molecule has 1 fully saturated rings. The second-order valence-electron chi connectivity index (χ2n) is 8.32. The number of ether oxygens (including phenoxy) is 4. The van der Waals surface area contributed by atoms with Crippen molar-refractivity contribution in [2.75, 3.05) is 41.1 Å². The van der Waals surface area contributed by atoms with E-state index in [1.807, 2.05) is 0 Å². The van der Waals surface area contributed by atoms with Gasteiger partial charge in [0.2, 0.25) is 0 Å². The smallest absolute Gasteiger partial charge is 0.295 e. The standard InChI is InChI=1S/C26H31NO7/c1-16(2)15-34-18-8-6-17(7-9-18)24(28)22-23(27(12-13-31-3)26(30)25(22)29)20-11-10-19(32-4)14-21(20)33-5/h6-11,14,16,23,28H,12-13,15H2,1-5H3/t23-/m0/s1. The maximum absolute atomic E-state index is 13.1. The molecule has 1 aliphatic heterocycles. The van der Waals surface area contributed by atoms with Crippen LogP contribution in [-0.2, 0) is 14.3 Å². The van der Waals surface area contributed by atoms with Gasteiger partial charge in [-0.15, -0.1) is 0 Å². The molecule has 0 radical (unpaired) electrons. The van der Waals surface area contributed by atoms with Crippen molar-refractivity contribution in [3.05, 3.63) is 59.2 Å². The molecule has 2 aromatic carbocycles. The van der Waals surface area contributed by atoms with Crippen LogP contribution >= 0.6 is 0 Å². The Labute approximate surface area is 199 Å². The van der Waals surface area contributed by atoms with Crippen LogP contribution in [0, 0.1) is 5.92 Å². The second-order valence-corrected chi connectivity index (χ2v) is 8.32. The zero-order valence-corrected chi connectivity index (χ0v) is 20.2. The summed E-state index contributed by atoms with van der Waals surface area (Å²) >= 11 is 0. The van der Waals surface area contributed by atoms with Crippen molar-refractivity contribution in [2.24, 2.45) is 5.92 Å². The molecule has 1 amide bonds. The molecule has 8 heteroatoms. The first-order valence-corrected chi connectivity index (χ1v) is 11.0. The topological polar surface area (TPSA) is 94.5 Å². The maximum Gasteiger partial charge on any atom is 0.295 e. The van der Waals surface area contributed by atoms with Gasteiger partial charge >= 0.3 is 0 Å². The highest BCUT2D eigenvalue weighted by Crippen LogP contribution is 2.43. The predicted molar refractivity (Wildman–Crippen MR) is 127 cm³/mol. The lowest BCUT2D eigenvalue weighted by molar-refractivity contribution is -0.140. The average Bonchev–Trinajstić information content (AvgIpc) is 3.10. The number of Topliss-reactive ketones (excluding diaryl/α,β-unsaturated/α-hetero) is 1. The van der Waals surface area contributed by atoms with Crippen LogP contribution in [0.4, 0.5) is 0 Å². The van der Waals surface area contributed by atoms with Gasteiger partial charge in [-0.05, 0) is 42.3 Å². The molecule has 1 aliphatic rings. The summed E-state index contributed by atoms with van der Waals surface area (Å²) in [6.07, 6.45) is 0. The highest BCUT2D eigenvalue weighted by atomic mass is 16.5. The van der Waals surface area contributed by atoms with Crippen LogP contribution in [0.1, 0.15) is 31.0 Å². The van der Waals surface area contributed by atoms with E-state index in [1.54, 1.807) is 42.5 Å². The quantitative estimate of drug-likeness (QED) is 0.321. The minimum Gasteiger partial charge on any atom is -0.507 e. The van der Waals surface area contributed by atoms with E-state index in [0.29, 0.717) is 40.9 Å². The predicted octanol–water partition coefficient (Wildman–Crippen LogP) is 3.81. The van der Waals surface area contributed by atoms with E-state index in [0.717, 1.165) is 0 Å². The van der Waals surface area contributed by atoms with Gasteiger partial charge in [-0.25, -0.2) is 0 Å². The number of nitrogens with zero attached hydrogens (tertiary/aromatic N) is 1. The number of methoxy groups -OCH3 is 3. The molecular formula is C26H31NO7. The minimum absolute atomic E-state index is 0.0135. The first-order valence-electron chi connectivity index (χ1n) is 11.0. The summed E-state index contributed by atoms with van der Waals surface area (Å²) in [5.74, 6) is 0.268. The van der Waals surface area contributed by atoms with Gasteiger partial charge in [0.05, 0.1) is 39.0 Å². The molecule has 0 saturated carbocycles. The number of carbonyl (C=O) groups excluding carboxylic acids is 2. The van der Waals surface area contributed by atoms with Gasteiger partial charge in [0.15, 0.2) is 0 Å². The van der Waals surface area contributed by atoms with Gasteiger partial charge in [-0.2, -0.15) is 0 Å². The molecule has 2 aromatic rings. The third-order valence-corrected chi connectivity index (χ3v) is 5.52. The van der Waals surface area contributed by atoms with Crippen LogP contribution in [0.5, 0.6) is 17.2 Å². The normalized spacial score (nSPS) is 17.4. The summed E-state index contributed by atoms with van der Waals surface area (Å²) in [4.78, 5) is 27.5. The van der Waals surface area contributed by atoms with Crippen molar-refractivity contribution in [2.45, 2.75) is 19.9 Å². The molecular weight excluding hydrogens is 438 g/mol. The van der Waals surface area contributed by atoms with Crippen molar-refractivity contribution in [3.63, 3.8) is 0 Å². The average molecular weight is 470 g/mol. The lowest BCUT2D eigenvalue weighted by atomic mass is 9.94. The lowest BCUT2D eigenvalue weighted by Crippen LogP contribution is -2.32. The van der Waals surface area contributed by atoms with E-state index in [4.69, 9.17) is 18.9 Å². The molecule has 0 unspecified atom stereocenters. The Morgan fingerprint density at radius 3 is 2.26 bits per heavy atom. The summed E-state index contributed by atoms with van der Waals surface area (Å²) < 4.78 is 21.7. The van der Waals surface area contributed by atoms with Crippen molar-refractivity contribution >= 4 is 17.4 Å². The fourth-order valence-electron chi connectivity index (χ4n) is 3.80. The number of ketones is 1. The van der Waals surface area contributed by atoms with Gasteiger partial charge < -0.3 is 29.0 Å². The van der Waals surface area contributed by atoms with Gasteiger partial charge in [-0.1, -0.05) is 13.8 Å². The summed E-state index contributed by atoms with van der Waals surface area (Å²) in [7, 11) is 4.55. The van der Waals surface area contributed by atoms with E-state index >= 15 is 0 Å². The number of hydrogen-bond acceptors (Lipinski definition) is 7. The largest absolute Gasteiger partial charge is 0.507 e. The van der Waals surface area contributed by atoms with Crippen LogP contribution in [0.2, 0.25) is 0 Å². The van der Waals surface area contributed by atoms with Crippen LogP contribution in [0.15, 0.2) is 48.0 Å². The number of hydrogen-bond donors (Lipinski definition) is 1. The van der Waals surface area contributed by atoms with Crippen molar-refractivity contribution in [1.82, 2.24) is 4.90 Å². The second kappa shape index (κ2) is 11.1. The molecule has 1 heterocycles. The minimum atomic E-state index is -0.854. The number of likely N-dealkylation sites (tertiary alicyclic amines) is 1. The highest BCUT2D eigenvalue weighted by molar-refractivity contribution is 6.46. The molecule has 0 bridgehead atoms. The van der Waals surface area contributed by atoms with Crippen molar-refractivity contribution in [1.29, 1.82) is 0 Å². The molecule has 0 aliphatic carbocycles. The van der Waals surface area contributed by atoms with Crippen LogP contribution in [-0.4, -0.2) is 62.8 Å². The van der Waals surface area contributed by atoms with E-state index in [-0.39, 0.29) is 24.5 Å². The molecule has 1 atom stereocenters. The zero-order valence-electron chi connectivity index (χ0n) is 20.2. The zero-order chi connectivity index (χ0) is 24.8. The van der Waals surface area contributed by atoms with Gasteiger partial charge in [0, 0.05) is 30.8 Å². The molecule has 3 rings (SSSR count). The number of rotatable bonds is 10. The fourth-order valence-corrected chi connectivity index (χ4v) is 3.80. The molecule has 182 valence electrons. The van der Waals surface area contributed by atoms with Crippen LogP contribution in [0.3, 0.4) is 0 Å². The first-order chi connectivity index (χ1) is 16.3. The number of aliphatic hydroxyl groups excluding tert-OH is 1. The summed E-state index contributed by atoms with van der Waals surface area (Å²) in [6, 6.07) is 11.0. The van der Waals surface area contributed by atoms with E-state index in [1.165, 1.54) is 26.2 Å².